The number of anilines is 1. The highest BCUT2D eigenvalue weighted by Crippen LogP contribution is 2.12. The molecule has 0 fully saturated rings. The molecule has 1 aromatic heterocycles. The summed E-state index contributed by atoms with van der Waals surface area (Å²) in [5, 5.41) is 0.0721. The predicted octanol–water partition coefficient (Wildman–Crippen LogP) is 0.432. The molecule has 1 aromatic rings. The van der Waals surface area contributed by atoms with E-state index in [1.54, 1.807) is 0 Å². The van der Waals surface area contributed by atoms with Crippen molar-refractivity contribution in [2.24, 2.45) is 0 Å². The van der Waals surface area contributed by atoms with Crippen LogP contribution in [0.5, 0.6) is 0 Å². The van der Waals surface area contributed by atoms with Gasteiger partial charge in [-0.25, -0.2) is 9.78 Å². The number of nitrogens with two attached hydrogens (primary N) is 1. The van der Waals surface area contributed by atoms with E-state index < -0.39 is 5.97 Å². The second-order valence-electron chi connectivity index (χ2n) is 1.78. The molecule has 0 atom stereocenters. The number of rotatable bonds is 1. The Bertz CT molecular complexity index is 283. The minimum atomic E-state index is -0.582. The lowest BCUT2D eigenvalue weighted by Gasteiger charge is -1.93. The summed E-state index contributed by atoms with van der Waals surface area (Å²) in [5.74, 6) is -0.538. The zero-order chi connectivity index (χ0) is 8.43. The number of ether oxygens (including phenoxy) is 1. The highest BCUT2D eigenvalue weighted by molar-refractivity contribution is 6.28. The number of methoxy groups -OCH3 is 1. The Morgan fingerprint density at radius 3 is 2.82 bits per heavy atom. The highest BCUT2D eigenvalue weighted by atomic mass is 35.5. The molecule has 6 heteroatoms. The SMILES string of the molecule is COC(=O)c1[nH]c(Cl)nc1N. The van der Waals surface area contributed by atoms with Crippen molar-refractivity contribution in [2.75, 3.05) is 12.8 Å². The zero-order valence-electron chi connectivity index (χ0n) is 5.72. The van der Waals surface area contributed by atoms with Gasteiger partial charge >= 0.3 is 5.97 Å². The smallest absolute Gasteiger partial charge is 0.358 e. The van der Waals surface area contributed by atoms with Crippen LogP contribution in [0.2, 0.25) is 5.28 Å². The van der Waals surface area contributed by atoms with Gasteiger partial charge in [0.1, 0.15) is 0 Å². The standard InChI is InChI=1S/C5H6ClN3O2/c1-11-4(10)2-3(7)9-5(6)8-2/h7H2,1H3,(H,8,9). The van der Waals surface area contributed by atoms with E-state index in [1.165, 1.54) is 7.11 Å². The molecule has 3 N–H and O–H groups in total. The lowest BCUT2D eigenvalue weighted by atomic mass is 10.4. The van der Waals surface area contributed by atoms with Gasteiger partial charge in [-0.15, -0.1) is 0 Å². The van der Waals surface area contributed by atoms with Crippen LogP contribution in [0, 0.1) is 0 Å². The maximum atomic E-state index is 10.8. The first kappa shape index (κ1) is 7.87. The Balaban J connectivity index is 3.03. The van der Waals surface area contributed by atoms with Gasteiger partial charge < -0.3 is 15.5 Å². The summed E-state index contributed by atoms with van der Waals surface area (Å²) < 4.78 is 4.38. The van der Waals surface area contributed by atoms with E-state index in [0.29, 0.717) is 0 Å². The topological polar surface area (TPSA) is 81.0 Å². The Morgan fingerprint density at radius 1 is 1.82 bits per heavy atom. The summed E-state index contributed by atoms with van der Waals surface area (Å²) in [4.78, 5) is 16.8. The van der Waals surface area contributed by atoms with E-state index in [9.17, 15) is 4.79 Å². The van der Waals surface area contributed by atoms with E-state index in [4.69, 9.17) is 17.3 Å². The Hall–Kier alpha value is -1.23. The molecule has 60 valence electrons. The predicted molar refractivity (Wildman–Crippen MR) is 39.3 cm³/mol. The number of aromatic nitrogens is 2. The van der Waals surface area contributed by atoms with Crippen LogP contribution >= 0.6 is 11.6 Å². The average Bonchev–Trinajstić information content (AvgIpc) is 2.28. The molecule has 5 nitrogen and oxygen atoms in total. The first-order valence-electron chi connectivity index (χ1n) is 2.74. The monoisotopic (exact) mass is 175 g/mol. The molecule has 0 spiro atoms. The molecule has 11 heavy (non-hydrogen) atoms. The van der Waals surface area contributed by atoms with E-state index in [1.807, 2.05) is 0 Å². The molecule has 0 amide bonds. The molecule has 1 heterocycles. The van der Waals surface area contributed by atoms with Gasteiger partial charge in [0.15, 0.2) is 11.5 Å². The summed E-state index contributed by atoms with van der Waals surface area (Å²) in [5.41, 5.74) is 5.37. The van der Waals surface area contributed by atoms with E-state index in [-0.39, 0.29) is 16.8 Å². The van der Waals surface area contributed by atoms with Gasteiger partial charge in [-0.1, -0.05) is 0 Å². The fraction of sp³-hybridized carbons (Fsp3) is 0.200. The fourth-order valence-corrected chi connectivity index (χ4v) is 0.800. The number of imidazole rings is 1. The first-order chi connectivity index (χ1) is 5.15. The lowest BCUT2D eigenvalue weighted by Crippen LogP contribution is -2.04. The Labute approximate surface area is 67.5 Å². The summed E-state index contributed by atoms with van der Waals surface area (Å²) in [6, 6.07) is 0. The van der Waals surface area contributed by atoms with Crippen LogP contribution in [-0.2, 0) is 4.74 Å². The zero-order valence-corrected chi connectivity index (χ0v) is 6.47. The van der Waals surface area contributed by atoms with Crippen molar-refractivity contribution in [3.05, 3.63) is 11.0 Å². The van der Waals surface area contributed by atoms with E-state index >= 15 is 0 Å². The largest absolute Gasteiger partial charge is 0.464 e. The number of hydrogen-bond donors (Lipinski definition) is 2. The van der Waals surface area contributed by atoms with Gasteiger partial charge in [0.05, 0.1) is 7.11 Å². The maximum absolute atomic E-state index is 10.8. The van der Waals surface area contributed by atoms with Crippen LogP contribution in [0.4, 0.5) is 5.82 Å². The molecule has 0 aliphatic heterocycles. The number of nitrogen functional groups attached to an aromatic ring is 1. The van der Waals surface area contributed by atoms with Crippen LogP contribution in [0.15, 0.2) is 0 Å². The van der Waals surface area contributed by atoms with Crippen molar-refractivity contribution in [2.45, 2.75) is 0 Å². The minimum absolute atomic E-state index is 0.0434. The lowest BCUT2D eigenvalue weighted by molar-refractivity contribution is 0.0596. The van der Waals surface area contributed by atoms with Crippen LogP contribution in [-0.4, -0.2) is 23.0 Å². The molecule has 0 saturated carbocycles. The second-order valence-corrected chi connectivity index (χ2v) is 2.14. The van der Waals surface area contributed by atoms with Crippen molar-refractivity contribution >= 4 is 23.4 Å². The van der Waals surface area contributed by atoms with Crippen molar-refractivity contribution in [1.82, 2.24) is 9.97 Å². The Kier molecular flexibility index (Phi) is 2.00. The molecule has 0 aliphatic carbocycles. The van der Waals surface area contributed by atoms with Crippen molar-refractivity contribution in [3.8, 4) is 0 Å². The maximum Gasteiger partial charge on any atom is 0.358 e. The number of carbonyl (C=O) groups excluding carboxylic acids is 1. The van der Waals surface area contributed by atoms with Crippen LogP contribution in [0.1, 0.15) is 10.5 Å². The van der Waals surface area contributed by atoms with Gasteiger partial charge in [-0.05, 0) is 11.6 Å². The third-order valence-electron chi connectivity index (χ3n) is 1.09. The third-order valence-corrected chi connectivity index (χ3v) is 1.27. The average molecular weight is 176 g/mol. The van der Waals surface area contributed by atoms with Crippen molar-refractivity contribution < 1.29 is 9.53 Å². The number of hydrogen-bond acceptors (Lipinski definition) is 4. The summed E-state index contributed by atoms with van der Waals surface area (Å²) in [6.45, 7) is 0. The molecule has 0 unspecified atom stereocenters. The molecule has 0 aliphatic rings. The normalized spacial score (nSPS) is 9.64. The second kappa shape index (κ2) is 2.79. The molecular formula is C5H6ClN3O2. The molecule has 0 radical (unpaired) electrons. The number of H-pyrrole nitrogens is 1. The summed E-state index contributed by atoms with van der Waals surface area (Å²) in [7, 11) is 1.25. The summed E-state index contributed by atoms with van der Waals surface area (Å²) >= 11 is 5.41. The highest BCUT2D eigenvalue weighted by Gasteiger charge is 2.13. The van der Waals surface area contributed by atoms with Gasteiger partial charge in [0.2, 0.25) is 5.28 Å². The van der Waals surface area contributed by atoms with Gasteiger partial charge in [-0.2, -0.15) is 0 Å². The fourth-order valence-electron chi connectivity index (χ4n) is 0.614. The van der Waals surface area contributed by atoms with E-state index in [2.05, 4.69) is 14.7 Å². The molecule has 0 aromatic carbocycles. The molecule has 0 saturated heterocycles. The van der Waals surface area contributed by atoms with Crippen molar-refractivity contribution in [3.63, 3.8) is 0 Å². The first-order valence-corrected chi connectivity index (χ1v) is 3.12. The Morgan fingerprint density at radius 2 is 2.45 bits per heavy atom. The number of aromatic amines is 1. The number of esters is 1. The molecule has 0 bridgehead atoms. The number of nitrogens with zero attached hydrogens (tertiary/aromatic N) is 1. The number of nitrogens with one attached hydrogen (secondary N) is 1. The minimum Gasteiger partial charge on any atom is -0.464 e. The molecular weight excluding hydrogens is 170 g/mol. The number of carbonyl (C=O) groups is 1. The van der Waals surface area contributed by atoms with Gasteiger partial charge in [-0.3, -0.25) is 0 Å². The van der Waals surface area contributed by atoms with Crippen LogP contribution < -0.4 is 5.73 Å². The van der Waals surface area contributed by atoms with Crippen molar-refractivity contribution in [1.29, 1.82) is 0 Å². The third kappa shape index (κ3) is 1.43. The van der Waals surface area contributed by atoms with Gasteiger partial charge in [0, 0.05) is 0 Å². The van der Waals surface area contributed by atoms with Crippen LogP contribution in [0.25, 0.3) is 0 Å². The van der Waals surface area contributed by atoms with Gasteiger partial charge in [0.25, 0.3) is 0 Å². The van der Waals surface area contributed by atoms with Crippen LogP contribution in [0.3, 0.4) is 0 Å². The quantitative estimate of drug-likeness (QED) is 0.607. The molecule has 1 rings (SSSR count). The summed E-state index contributed by atoms with van der Waals surface area (Å²) in [6.07, 6.45) is 0. The van der Waals surface area contributed by atoms with E-state index in [0.717, 1.165) is 0 Å². The number of halogens is 1.